The largest absolute Gasteiger partial charge is 0.459 e. The van der Waals surface area contributed by atoms with Crippen LogP contribution in [0.15, 0.2) is 41.0 Å². The standard InChI is InChI=1S/C18H20N2O3/c21-17(10-11-19-18(22)16-9-4-12-23-16)20-15-8-3-6-13-5-1-2-7-14(13)15/h3-4,6,8-9,12H,1-2,5,7,10-11H2,(H,19,22)(H,20,21). The number of hydrogen-bond donors (Lipinski definition) is 2. The second-order valence-corrected chi connectivity index (χ2v) is 5.68. The predicted octanol–water partition coefficient (Wildman–Crippen LogP) is 2.92. The Kier molecular flexibility index (Phi) is 4.76. The molecule has 0 atom stereocenters. The average molecular weight is 312 g/mol. The van der Waals surface area contributed by atoms with Crippen molar-refractivity contribution in [1.29, 1.82) is 0 Å². The number of anilines is 1. The third-order valence-corrected chi connectivity index (χ3v) is 4.05. The van der Waals surface area contributed by atoms with Crippen molar-refractivity contribution in [3.05, 3.63) is 53.5 Å². The molecule has 5 heteroatoms. The van der Waals surface area contributed by atoms with E-state index >= 15 is 0 Å². The van der Waals surface area contributed by atoms with Gasteiger partial charge in [-0.15, -0.1) is 0 Å². The minimum absolute atomic E-state index is 0.0938. The Balaban J connectivity index is 1.51. The van der Waals surface area contributed by atoms with Crippen LogP contribution in [-0.4, -0.2) is 18.4 Å². The van der Waals surface area contributed by atoms with Crippen molar-refractivity contribution in [3.8, 4) is 0 Å². The molecule has 1 aliphatic carbocycles. The summed E-state index contributed by atoms with van der Waals surface area (Å²) < 4.78 is 5.00. The maximum Gasteiger partial charge on any atom is 0.286 e. The molecule has 1 aliphatic rings. The van der Waals surface area contributed by atoms with Crippen LogP contribution in [0.4, 0.5) is 5.69 Å². The molecule has 0 bridgehead atoms. The van der Waals surface area contributed by atoms with E-state index < -0.39 is 0 Å². The number of carbonyl (C=O) groups excluding carboxylic acids is 2. The van der Waals surface area contributed by atoms with Crippen LogP contribution in [0.3, 0.4) is 0 Å². The molecule has 1 aromatic carbocycles. The molecule has 0 spiro atoms. The molecule has 0 saturated carbocycles. The van der Waals surface area contributed by atoms with Gasteiger partial charge in [0.05, 0.1) is 6.26 Å². The smallest absolute Gasteiger partial charge is 0.286 e. The fourth-order valence-corrected chi connectivity index (χ4v) is 2.90. The van der Waals surface area contributed by atoms with Gasteiger partial charge in [0.2, 0.25) is 5.91 Å². The van der Waals surface area contributed by atoms with E-state index in [2.05, 4.69) is 16.7 Å². The number of furan rings is 1. The van der Waals surface area contributed by atoms with E-state index in [4.69, 9.17) is 4.42 Å². The molecule has 0 saturated heterocycles. The third-order valence-electron chi connectivity index (χ3n) is 4.05. The number of benzene rings is 1. The number of carbonyl (C=O) groups is 2. The molecule has 0 aliphatic heterocycles. The van der Waals surface area contributed by atoms with Crippen molar-refractivity contribution < 1.29 is 14.0 Å². The highest BCUT2D eigenvalue weighted by molar-refractivity contribution is 5.94. The fraction of sp³-hybridized carbons (Fsp3) is 0.333. The zero-order valence-corrected chi connectivity index (χ0v) is 12.9. The fourth-order valence-electron chi connectivity index (χ4n) is 2.90. The molecule has 1 heterocycles. The van der Waals surface area contributed by atoms with Gasteiger partial charge < -0.3 is 15.1 Å². The zero-order chi connectivity index (χ0) is 16.1. The van der Waals surface area contributed by atoms with Gasteiger partial charge in [0.15, 0.2) is 5.76 Å². The number of aryl methyl sites for hydroxylation is 1. The Morgan fingerprint density at radius 2 is 1.96 bits per heavy atom. The first-order chi connectivity index (χ1) is 11.2. The predicted molar refractivity (Wildman–Crippen MR) is 87.4 cm³/mol. The molecule has 23 heavy (non-hydrogen) atoms. The Hall–Kier alpha value is -2.56. The monoisotopic (exact) mass is 312 g/mol. The quantitative estimate of drug-likeness (QED) is 0.891. The van der Waals surface area contributed by atoms with Gasteiger partial charge in [-0.1, -0.05) is 12.1 Å². The number of hydrogen-bond acceptors (Lipinski definition) is 3. The van der Waals surface area contributed by atoms with Gasteiger partial charge in [0, 0.05) is 18.7 Å². The topological polar surface area (TPSA) is 71.3 Å². The summed E-state index contributed by atoms with van der Waals surface area (Å²) in [6, 6.07) is 9.31. The Bertz CT molecular complexity index is 692. The van der Waals surface area contributed by atoms with Gasteiger partial charge in [-0.05, 0) is 55.0 Å². The molecular weight excluding hydrogens is 292 g/mol. The van der Waals surface area contributed by atoms with Crippen molar-refractivity contribution in [2.45, 2.75) is 32.1 Å². The second-order valence-electron chi connectivity index (χ2n) is 5.68. The molecule has 3 rings (SSSR count). The van der Waals surface area contributed by atoms with E-state index in [-0.39, 0.29) is 30.5 Å². The molecule has 5 nitrogen and oxygen atoms in total. The molecule has 0 radical (unpaired) electrons. The van der Waals surface area contributed by atoms with Gasteiger partial charge >= 0.3 is 0 Å². The van der Waals surface area contributed by atoms with Crippen molar-refractivity contribution >= 4 is 17.5 Å². The number of rotatable bonds is 5. The SMILES string of the molecule is O=C(CCNC(=O)c1ccco1)Nc1cccc2c1CCCC2. The van der Waals surface area contributed by atoms with Crippen LogP contribution in [0.5, 0.6) is 0 Å². The normalized spacial score (nSPS) is 13.2. The van der Waals surface area contributed by atoms with Crippen LogP contribution in [0.25, 0.3) is 0 Å². The zero-order valence-electron chi connectivity index (χ0n) is 12.9. The second kappa shape index (κ2) is 7.13. The summed E-state index contributed by atoms with van der Waals surface area (Å²) in [4.78, 5) is 23.8. The first-order valence-corrected chi connectivity index (χ1v) is 7.96. The number of fused-ring (bicyclic) bond motifs is 1. The molecular formula is C18H20N2O3. The maximum atomic E-state index is 12.1. The van der Waals surface area contributed by atoms with Gasteiger partial charge in [-0.3, -0.25) is 9.59 Å². The first-order valence-electron chi connectivity index (χ1n) is 7.96. The molecule has 2 N–H and O–H groups in total. The maximum absolute atomic E-state index is 12.1. The summed E-state index contributed by atoms with van der Waals surface area (Å²) in [5.41, 5.74) is 3.50. The van der Waals surface area contributed by atoms with Crippen LogP contribution in [0.2, 0.25) is 0 Å². The van der Waals surface area contributed by atoms with Crippen molar-refractivity contribution in [2.75, 3.05) is 11.9 Å². The van der Waals surface area contributed by atoms with E-state index in [9.17, 15) is 9.59 Å². The van der Waals surface area contributed by atoms with E-state index in [1.54, 1.807) is 12.1 Å². The van der Waals surface area contributed by atoms with E-state index in [0.29, 0.717) is 0 Å². The highest BCUT2D eigenvalue weighted by Crippen LogP contribution is 2.27. The van der Waals surface area contributed by atoms with E-state index in [0.717, 1.165) is 18.5 Å². The summed E-state index contributed by atoms with van der Waals surface area (Å²) in [6.45, 7) is 0.278. The molecule has 0 fully saturated rings. The van der Waals surface area contributed by atoms with Gasteiger partial charge in [0.25, 0.3) is 5.91 Å². The Morgan fingerprint density at radius 3 is 2.78 bits per heavy atom. The lowest BCUT2D eigenvalue weighted by Gasteiger charge is -2.19. The van der Waals surface area contributed by atoms with E-state index in [1.165, 1.54) is 30.2 Å². The summed E-state index contributed by atoms with van der Waals surface area (Å²) in [6.07, 6.45) is 6.15. The van der Waals surface area contributed by atoms with Crippen LogP contribution in [0, 0.1) is 0 Å². The van der Waals surface area contributed by atoms with Crippen molar-refractivity contribution in [1.82, 2.24) is 5.32 Å². The van der Waals surface area contributed by atoms with E-state index in [1.807, 2.05) is 12.1 Å². The highest BCUT2D eigenvalue weighted by atomic mass is 16.3. The summed E-state index contributed by atoms with van der Waals surface area (Å²) in [5.74, 6) is -0.147. The van der Waals surface area contributed by atoms with Gasteiger partial charge in [-0.25, -0.2) is 0 Å². The molecule has 2 amide bonds. The van der Waals surface area contributed by atoms with Crippen molar-refractivity contribution in [3.63, 3.8) is 0 Å². The average Bonchev–Trinajstić information content (AvgIpc) is 3.10. The van der Waals surface area contributed by atoms with Gasteiger partial charge in [0.1, 0.15) is 0 Å². The van der Waals surface area contributed by atoms with Crippen molar-refractivity contribution in [2.24, 2.45) is 0 Å². The molecule has 1 aromatic heterocycles. The number of nitrogens with one attached hydrogen (secondary N) is 2. The molecule has 2 aromatic rings. The Morgan fingerprint density at radius 1 is 1.09 bits per heavy atom. The van der Waals surface area contributed by atoms with Crippen LogP contribution >= 0.6 is 0 Å². The highest BCUT2D eigenvalue weighted by Gasteiger charge is 2.14. The minimum atomic E-state index is -0.306. The molecule has 0 unspecified atom stereocenters. The third kappa shape index (κ3) is 3.80. The summed E-state index contributed by atoms with van der Waals surface area (Å²) in [7, 11) is 0. The molecule has 120 valence electrons. The summed E-state index contributed by atoms with van der Waals surface area (Å²) >= 11 is 0. The number of amides is 2. The lowest BCUT2D eigenvalue weighted by atomic mass is 9.90. The summed E-state index contributed by atoms with van der Waals surface area (Å²) in [5, 5.41) is 5.64. The lowest BCUT2D eigenvalue weighted by Crippen LogP contribution is -2.27. The van der Waals surface area contributed by atoms with Gasteiger partial charge in [-0.2, -0.15) is 0 Å². The minimum Gasteiger partial charge on any atom is -0.459 e. The van der Waals surface area contributed by atoms with Crippen LogP contribution in [0.1, 0.15) is 40.9 Å². The van der Waals surface area contributed by atoms with Crippen LogP contribution < -0.4 is 10.6 Å². The lowest BCUT2D eigenvalue weighted by molar-refractivity contribution is -0.116. The Labute approximate surface area is 135 Å². The van der Waals surface area contributed by atoms with Crippen LogP contribution in [-0.2, 0) is 17.6 Å². The first kappa shape index (κ1) is 15.3.